The van der Waals surface area contributed by atoms with Crippen LogP contribution in [-0.4, -0.2) is 0 Å². The Morgan fingerprint density at radius 2 is 0.870 bits per heavy atom. The van der Waals surface area contributed by atoms with Gasteiger partial charge >= 0.3 is 0 Å². The summed E-state index contributed by atoms with van der Waals surface area (Å²) >= 11 is 0. The molecule has 0 aliphatic heterocycles. The second-order valence-electron chi connectivity index (χ2n) is 16.9. The summed E-state index contributed by atoms with van der Waals surface area (Å²) < 4.78 is 0. The monoisotopic (exact) mass is 623 g/mol. The molecule has 254 valence electrons. The number of benzene rings is 2. The van der Waals surface area contributed by atoms with Crippen LogP contribution in [0.15, 0.2) is 48.5 Å². The SMILES string of the molecule is CCCCCC1CCC(C2CCC(C3CCC(C(c4ccc(CC)cc4)(c4ccc(CC)cc4)C4CCCCC4)CC3)CC2)CC1. The first-order valence-electron chi connectivity index (χ1n) is 20.8. The average molecular weight is 623 g/mol. The topological polar surface area (TPSA) is 0 Å². The average Bonchev–Trinajstić information content (AvgIpc) is 3.14. The molecule has 0 amide bonds. The molecule has 4 aliphatic carbocycles. The highest BCUT2D eigenvalue weighted by molar-refractivity contribution is 5.44. The van der Waals surface area contributed by atoms with Crippen LogP contribution in [0.5, 0.6) is 0 Å². The number of unbranched alkanes of at least 4 members (excludes halogenated alkanes) is 2. The molecule has 6 rings (SSSR count). The van der Waals surface area contributed by atoms with Crippen LogP contribution < -0.4 is 0 Å². The molecule has 0 atom stereocenters. The van der Waals surface area contributed by atoms with E-state index < -0.39 is 0 Å². The Bertz CT molecular complexity index is 1080. The van der Waals surface area contributed by atoms with E-state index in [1.165, 1.54) is 94.6 Å². The number of hydrogen-bond acceptors (Lipinski definition) is 0. The van der Waals surface area contributed by atoms with Crippen molar-refractivity contribution in [2.45, 2.75) is 174 Å². The van der Waals surface area contributed by atoms with Crippen LogP contribution in [-0.2, 0) is 18.3 Å². The highest BCUT2D eigenvalue weighted by Gasteiger charge is 2.49. The normalized spacial score (nSPS) is 29.9. The number of rotatable bonds is 12. The maximum atomic E-state index is 2.58. The predicted octanol–water partition coefficient (Wildman–Crippen LogP) is 13.7. The number of aryl methyl sites for hydroxylation is 2. The third-order valence-electron chi connectivity index (χ3n) is 14.6. The van der Waals surface area contributed by atoms with Crippen LogP contribution in [0.4, 0.5) is 0 Å². The van der Waals surface area contributed by atoms with Gasteiger partial charge in [-0.25, -0.2) is 0 Å². The van der Waals surface area contributed by atoms with E-state index in [9.17, 15) is 0 Å². The van der Waals surface area contributed by atoms with Crippen molar-refractivity contribution in [3.63, 3.8) is 0 Å². The van der Waals surface area contributed by atoms with Crippen molar-refractivity contribution >= 4 is 0 Å². The summed E-state index contributed by atoms with van der Waals surface area (Å²) in [6.07, 6.45) is 33.4. The van der Waals surface area contributed by atoms with Crippen LogP contribution in [0.2, 0.25) is 0 Å². The fourth-order valence-electron chi connectivity index (χ4n) is 11.8. The molecule has 0 heterocycles. The standard InChI is InChI=1S/C46H70/c1-4-7-9-12-37-15-21-38(22-16-37)39-23-25-40(26-24-39)41-27-33-45(34-28-41)46(42-13-10-8-11-14-42,43-29-17-35(5-2)18-30-43)44-31-19-36(6-3)20-32-44/h17-20,29-32,37-42,45H,4-16,21-28,33-34H2,1-3H3. The van der Waals surface area contributed by atoms with E-state index in [0.717, 1.165) is 54.3 Å². The quantitative estimate of drug-likeness (QED) is 0.207. The Labute approximate surface area is 285 Å². The molecule has 0 radical (unpaired) electrons. The van der Waals surface area contributed by atoms with Crippen LogP contribution in [0.1, 0.15) is 178 Å². The van der Waals surface area contributed by atoms with Gasteiger partial charge in [-0.05, 0) is 154 Å². The summed E-state index contributed by atoms with van der Waals surface area (Å²) in [7, 11) is 0. The van der Waals surface area contributed by atoms with Gasteiger partial charge < -0.3 is 0 Å². The van der Waals surface area contributed by atoms with Gasteiger partial charge in [-0.1, -0.05) is 127 Å². The van der Waals surface area contributed by atoms with Gasteiger partial charge in [-0.3, -0.25) is 0 Å². The Hall–Kier alpha value is -1.56. The first-order valence-corrected chi connectivity index (χ1v) is 20.8. The lowest BCUT2D eigenvalue weighted by atomic mass is 9.52. The molecule has 46 heavy (non-hydrogen) atoms. The molecule has 0 bridgehead atoms. The van der Waals surface area contributed by atoms with Gasteiger partial charge in [0.25, 0.3) is 0 Å². The van der Waals surface area contributed by atoms with Crippen molar-refractivity contribution in [3.8, 4) is 0 Å². The van der Waals surface area contributed by atoms with Crippen molar-refractivity contribution in [1.29, 1.82) is 0 Å². The van der Waals surface area contributed by atoms with Crippen LogP contribution in [0, 0.1) is 41.4 Å². The van der Waals surface area contributed by atoms with E-state index in [1.807, 2.05) is 0 Å². The Morgan fingerprint density at radius 3 is 1.30 bits per heavy atom. The van der Waals surface area contributed by atoms with Gasteiger partial charge in [-0.2, -0.15) is 0 Å². The molecule has 0 unspecified atom stereocenters. The summed E-state index contributed by atoms with van der Waals surface area (Å²) in [5.41, 5.74) is 6.44. The second kappa shape index (κ2) is 16.7. The molecule has 0 nitrogen and oxygen atoms in total. The Kier molecular flexibility index (Phi) is 12.5. The lowest BCUT2D eigenvalue weighted by Crippen LogP contribution is -2.46. The summed E-state index contributed by atoms with van der Waals surface area (Å²) in [6, 6.07) is 20.2. The molecule has 4 fully saturated rings. The summed E-state index contributed by atoms with van der Waals surface area (Å²) in [5.74, 6) is 6.73. The fourth-order valence-corrected chi connectivity index (χ4v) is 11.8. The van der Waals surface area contributed by atoms with Crippen molar-refractivity contribution in [2.75, 3.05) is 0 Å². The van der Waals surface area contributed by atoms with Gasteiger partial charge in [0.2, 0.25) is 0 Å². The molecule has 4 aliphatic rings. The Morgan fingerprint density at radius 1 is 0.457 bits per heavy atom. The molecule has 2 aromatic rings. The van der Waals surface area contributed by atoms with Gasteiger partial charge in [-0.15, -0.1) is 0 Å². The highest BCUT2D eigenvalue weighted by atomic mass is 14.5. The van der Waals surface area contributed by atoms with Crippen molar-refractivity contribution < 1.29 is 0 Å². The van der Waals surface area contributed by atoms with E-state index >= 15 is 0 Å². The van der Waals surface area contributed by atoms with Gasteiger partial charge in [0.1, 0.15) is 0 Å². The van der Waals surface area contributed by atoms with E-state index in [-0.39, 0.29) is 5.41 Å². The minimum absolute atomic E-state index is 0.178. The van der Waals surface area contributed by atoms with Crippen molar-refractivity contribution in [1.82, 2.24) is 0 Å². The zero-order valence-electron chi connectivity index (χ0n) is 30.4. The van der Waals surface area contributed by atoms with Crippen molar-refractivity contribution in [3.05, 3.63) is 70.8 Å². The van der Waals surface area contributed by atoms with Gasteiger partial charge in [0.05, 0.1) is 0 Å². The summed E-state index contributed by atoms with van der Waals surface area (Å²) in [5, 5.41) is 0. The first kappa shape index (κ1) is 34.3. The predicted molar refractivity (Wildman–Crippen MR) is 199 cm³/mol. The lowest BCUT2D eigenvalue weighted by molar-refractivity contribution is 0.0749. The zero-order valence-corrected chi connectivity index (χ0v) is 30.4. The Balaban J connectivity index is 1.13. The highest BCUT2D eigenvalue weighted by Crippen LogP contribution is 2.56. The minimum Gasteiger partial charge on any atom is -0.0654 e. The largest absolute Gasteiger partial charge is 0.0654 e. The van der Waals surface area contributed by atoms with Crippen LogP contribution in [0.3, 0.4) is 0 Å². The second-order valence-corrected chi connectivity index (χ2v) is 16.9. The molecular formula is C46H70. The molecular weight excluding hydrogens is 553 g/mol. The summed E-state index contributed by atoms with van der Waals surface area (Å²) in [4.78, 5) is 0. The molecule has 0 aromatic heterocycles. The third-order valence-corrected chi connectivity index (χ3v) is 14.6. The lowest BCUT2D eigenvalue weighted by Gasteiger charge is -2.52. The maximum Gasteiger partial charge on any atom is 0.0259 e. The minimum atomic E-state index is 0.178. The molecule has 0 heteroatoms. The van der Waals surface area contributed by atoms with Crippen LogP contribution in [0.25, 0.3) is 0 Å². The van der Waals surface area contributed by atoms with E-state index in [1.54, 1.807) is 62.5 Å². The molecule has 2 aromatic carbocycles. The maximum absolute atomic E-state index is 2.58. The van der Waals surface area contributed by atoms with E-state index in [0.29, 0.717) is 0 Å². The molecule has 4 saturated carbocycles. The summed E-state index contributed by atoms with van der Waals surface area (Å²) in [6.45, 7) is 6.96. The zero-order chi connectivity index (χ0) is 31.8. The molecule has 0 N–H and O–H groups in total. The third kappa shape index (κ3) is 7.68. The van der Waals surface area contributed by atoms with E-state index in [4.69, 9.17) is 0 Å². The van der Waals surface area contributed by atoms with Gasteiger partial charge in [0, 0.05) is 5.41 Å². The first-order chi connectivity index (χ1) is 22.6. The number of hydrogen-bond donors (Lipinski definition) is 0. The smallest absolute Gasteiger partial charge is 0.0259 e. The van der Waals surface area contributed by atoms with Crippen LogP contribution >= 0.6 is 0 Å². The molecule has 0 spiro atoms. The van der Waals surface area contributed by atoms with E-state index in [2.05, 4.69) is 69.3 Å². The van der Waals surface area contributed by atoms with Crippen molar-refractivity contribution in [2.24, 2.45) is 41.4 Å². The molecule has 0 saturated heterocycles. The van der Waals surface area contributed by atoms with Gasteiger partial charge in [0.15, 0.2) is 0 Å². The fraction of sp³-hybridized carbons (Fsp3) is 0.739.